The molecule has 4 rings (SSSR count). The molecule has 0 unspecified atom stereocenters. The lowest BCUT2D eigenvalue weighted by Gasteiger charge is -2.28. The van der Waals surface area contributed by atoms with Crippen LogP contribution in [0.2, 0.25) is 0 Å². The van der Waals surface area contributed by atoms with Gasteiger partial charge in [-0.1, -0.05) is 60.7 Å². The first-order valence-corrected chi connectivity index (χ1v) is 15.9. The highest BCUT2D eigenvalue weighted by molar-refractivity contribution is 6.05. The zero-order valence-electron chi connectivity index (χ0n) is 28.2. The fourth-order valence-electron chi connectivity index (χ4n) is 5.22. The fourth-order valence-corrected chi connectivity index (χ4v) is 5.22. The highest BCUT2D eigenvalue weighted by atomic mass is 16.6. The second-order valence-electron chi connectivity index (χ2n) is 12.8. The average molecular weight is 674 g/mol. The molecule has 0 fully saturated rings. The van der Waals surface area contributed by atoms with E-state index in [0.29, 0.717) is 23.6 Å². The van der Waals surface area contributed by atoms with Gasteiger partial charge < -0.3 is 41.2 Å². The first-order chi connectivity index (χ1) is 23.2. The minimum absolute atomic E-state index is 0.0563. The summed E-state index contributed by atoms with van der Waals surface area (Å²) in [6.45, 7) is 6.86. The van der Waals surface area contributed by atoms with Gasteiger partial charge in [-0.15, -0.1) is 0 Å². The molecule has 0 aromatic heterocycles. The zero-order valence-corrected chi connectivity index (χ0v) is 28.2. The van der Waals surface area contributed by atoms with E-state index in [9.17, 15) is 29.1 Å². The Balaban J connectivity index is 1.43. The van der Waals surface area contributed by atoms with Gasteiger partial charge in [0, 0.05) is 31.1 Å². The SMILES string of the molecule is CNC(=O)[C@H](C[C@]1(O)C(=O)Nc2ccccc21)NC(=O)[C@H](C)NC(=O)[C@H](Cc1ccc(OCc2ccccc2)cc1)NC(=O)OC(C)(C)C. The Kier molecular flexibility index (Phi) is 11.6. The minimum Gasteiger partial charge on any atom is -0.489 e. The quantitative estimate of drug-likeness (QED) is 0.160. The number of fused-ring (bicyclic) bond motifs is 1. The molecule has 3 aromatic carbocycles. The molecular weight excluding hydrogens is 630 g/mol. The number of anilines is 1. The summed E-state index contributed by atoms with van der Waals surface area (Å²) >= 11 is 0. The second-order valence-corrected chi connectivity index (χ2v) is 12.8. The van der Waals surface area contributed by atoms with Crippen molar-refractivity contribution in [2.75, 3.05) is 12.4 Å². The summed E-state index contributed by atoms with van der Waals surface area (Å²) in [7, 11) is 1.36. The number of carbonyl (C=O) groups is 5. The number of ether oxygens (including phenoxy) is 2. The van der Waals surface area contributed by atoms with E-state index >= 15 is 0 Å². The summed E-state index contributed by atoms with van der Waals surface area (Å²) in [5, 5.41) is 24.1. The van der Waals surface area contributed by atoms with Crippen molar-refractivity contribution in [2.45, 2.75) is 76.5 Å². The van der Waals surface area contributed by atoms with Crippen LogP contribution in [0.15, 0.2) is 78.9 Å². The van der Waals surface area contributed by atoms with Crippen LogP contribution in [0.1, 0.15) is 50.8 Å². The predicted molar refractivity (Wildman–Crippen MR) is 181 cm³/mol. The number of nitrogens with one attached hydrogen (secondary N) is 5. The van der Waals surface area contributed by atoms with Gasteiger partial charge in [0.1, 0.15) is 36.1 Å². The first kappa shape index (κ1) is 36.4. The van der Waals surface area contributed by atoms with Crippen molar-refractivity contribution in [3.8, 4) is 5.75 Å². The molecule has 0 bridgehead atoms. The van der Waals surface area contributed by atoms with Crippen molar-refractivity contribution in [3.63, 3.8) is 0 Å². The molecule has 0 saturated carbocycles. The van der Waals surface area contributed by atoms with E-state index in [0.717, 1.165) is 5.56 Å². The molecule has 0 saturated heterocycles. The van der Waals surface area contributed by atoms with Crippen molar-refractivity contribution < 1.29 is 38.6 Å². The van der Waals surface area contributed by atoms with E-state index in [4.69, 9.17) is 9.47 Å². The van der Waals surface area contributed by atoms with Crippen LogP contribution in [0.5, 0.6) is 5.75 Å². The van der Waals surface area contributed by atoms with Gasteiger partial charge in [0.25, 0.3) is 5.91 Å². The van der Waals surface area contributed by atoms with E-state index in [1.807, 2.05) is 30.3 Å². The van der Waals surface area contributed by atoms with Crippen LogP contribution in [0, 0.1) is 0 Å². The number of hydrogen-bond acceptors (Lipinski definition) is 8. The van der Waals surface area contributed by atoms with Crippen molar-refractivity contribution >= 4 is 35.4 Å². The molecule has 4 atom stereocenters. The third kappa shape index (κ3) is 9.80. The summed E-state index contributed by atoms with van der Waals surface area (Å²) in [5.74, 6) is -2.21. The summed E-state index contributed by atoms with van der Waals surface area (Å²) in [6.07, 6.45) is -1.23. The van der Waals surface area contributed by atoms with Crippen LogP contribution in [-0.2, 0) is 42.5 Å². The van der Waals surface area contributed by atoms with Crippen molar-refractivity contribution in [1.82, 2.24) is 21.3 Å². The largest absolute Gasteiger partial charge is 0.489 e. The summed E-state index contributed by atoms with van der Waals surface area (Å²) in [4.78, 5) is 65.1. The number of para-hydroxylation sites is 1. The minimum atomic E-state index is -2.09. The summed E-state index contributed by atoms with van der Waals surface area (Å²) in [5.41, 5.74) is -0.533. The summed E-state index contributed by atoms with van der Waals surface area (Å²) in [6, 6.07) is 19.6. The number of aliphatic hydroxyl groups is 1. The van der Waals surface area contributed by atoms with Crippen molar-refractivity contribution in [3.05, 3.63) is 95.6 Å². The second kappa shape index (κ2) is 15.6. The van der Waals surface area contributed by atoms with Crippen molar-refractivity contribution in [1.29, 1.82) is 0 Å². The van der Waals surface area contributed by atoms with Gasteiger partial charge in [-0.25, -0.2) is 4.79 Å². The monoisotopic (exact) mass is 673 g/mol. The molecule has 13 heteroatoms. The Morgan fingerprint density at radius 3 is 2.12 bits per heavy atom. The van der Waals surface area contributed by atoms with Crippen LogP contribution in [-0.4, -0.2) is 65.6 Å². The predicted octanol–water partition coefficient (Wildman–Crippen LogP) is 2.67. The van der Waals surface area contributed by atoms with E-state index in [1.54, 1.807) is 69.3 Å². The lowest BCUT2D eigenvalue weighted by molar-refractivity contribution is -0.139. The molecule has 0 spiro atoms. The standard InChI is InChI=1S/C36H43N5O8/c1-22(30(42)39-29(31(43)37-5)20-36(47)26-13-9-10-14-27(26)40-33(36)45)38-32(44)28(41-34(46)49-35(2,3)4)19-23-15-17-25(18-16-23)48-21-24-11-7-6-8-12-24/h6-18,22,28-29,47H,19-21H2,1-5H3,(H,37,43)(H,38,44)(H,39,42)(H,40,45)(H,41,46)/t22-,28-,29-,36+/m0/s1. The number of likely N-dealkylation sites (N-methyl/N-ethyl adjacent to an activating group) is 1. The molecule has 0 aliphatic carbocycles. The average Bonchev–Trinajstić information content (AvgIpc) is 3.31. The van der Waals surface area contributed by atoms with Gasteiger partial charge in [0.15, 0.2) is 5.60 Å². The van der Waals surface area contributed by atoms with E-state index in [1.165, 1.54) is 14.0 Å². The smallest absolute Gasteiger partial charge is 0.408 e. The van der Waals surface area contributed by atoms with Crippen LogP contribution < -0.4 is 31.3 Å². The Morgan fingerprint density at radius 1 is 0.816 bits per heavy atom. The van der Waals surface area contributed by atoms with E-state index in [-0.39, 0.29) is 12.0 Å². The van der Waals surface area contributed by atoms with E-state index in [2.05, 4.69) is 26.6 Å². The normalized spacial score (nSPS) is 17.0. The molecule has 1 aliphatic heterocycles. The molecule has 1 heterocycles. The van der Waals surface area contributed by atoms with Gasteiger partial charge in [-0.3, -0.25) is 19.2 Å². The number of amides is 5. The maximum atomic E-state index is 13.5. The third-order valence-corrected chi connectivity index (χ3v) is 7.75. The Bertz CT molecular complexity index is 1660. The maximum Gasteiger partial charge on any atom is 0.408 e. The van der Waals surface area contributed by atoms with Gasteiger partial charge in [0.05, 0.1) is 0 Å². The highest BCUT2D eigenvalue weighted by Crippen LogP contribution is 2.38. The number of alkyl carbamates (subject to hydrolysis) is 1. The van der Waals surface area contributed by atoms with Crippen LogP contribution in [0.25, 0.3) is 0 Å². The Morgan fingerprint density at radius 2 is 1.47 bits per heavy atom. The molecular formula is C36H43N5O8. The van der Waals surface area contributed by atoms with Crippen molar-refractivity contribution in [2.24, 2.45) is 0 Å². The van der Waals surface area contributed by atoms with Gasteiger partial charge in [0.2, 0.25) is 17.7 Å². The van der Waals surface area contributed by atoms with E-state index < -0.39 is 65.5 Å². The number of carbonyl (C=O) groups excluding carboxylic acids is 5. The fraction of sp³-hybridized carbons (Fsp3) is 0.361. The molecule has 6 N–H and O–H groups in total. The molecule has 3 aromatic rings. The lowest BCUT2D eigenvalue weighted by atomic mass is 9.88. The molecule has 49 heavy (non-hydrogen) atoms. The Hall–Kier alpha value is -5.43. The third-order valence-electron chi connectivity index (χ3n) is 7.75. The van der Waals surface area contributed by atoms with Gasteiger partial charge in [-0.05, 0) is 57.0 Å². The summed E-state index contributed by atoms with van der Waals surface area (Å²) < 4.78 is 11.2. The number of benzene rings is 3. The molecule has 1 aliphatic rings. The maximum absolute atomic E-state index is 13.5. The highest BCUT2D eigenvalue weighted by Gasteiger charge is 2.48. The zero-order chi connectivity index (χ0) is 35.8. The molecule has 0 radical (unpaired) electrons. The van der Waals surface area contributed by atoms with Gasteiger partial charge in [-0.2, -0.15) is 0 Å². The molecule has 13 nitrogen and oxygen atoms in total. The molecule has 260 valence electrons. The number of rotatable bonds is 13. The molecule has 5 amide bonds. The lowest BCUT2D eigenvalue weighted by Crippen LogP contribution is -2.57. The van der Waals surface area contributed by atoms with Crippen LogP contribution >= 0.6 is 0 Å². The van der Waals surface area contributed by atoms with Crippen LogP contribution in [0.3, 0.4) is 0 Å². The topological polar surface area (TPSA) is 184 Å². The first-order valence-electron chi connectivity index (χ1n) is 15.9. The number of hydrogen-bond donors (Lipinski definition) is 6. The Labute approximate surface area is 285 Å². The van der Waals surface area contributed by atoms with Gasteiger partial charge >= 0.3 is 6.09 Å². The van der Waals surface area contributed by atoms with Crippen LogP contribution in [0.4, 0.5) is 10.5 Å².